The molecule has 0 spiro atoms. The lowest BCUT2D eigenvalue weighted by Crippen LogP contribution is -2.43. The van der Waals surface area contributed by atoms with Crippen molar-refractivity contribution < 1.29 is 14.3 Å². The Balaban J connectivity index is 1.76. The van der Waals surface area contributed by atoms with Crippen LogP contribution in [0.4, 0.5) is 0 Å². The zero-order chi connectivity index (χ0) is 22.3. The summed E-state index contributed by atoms with van der Waals surface area (Å²) in [6.45, 7) is 5.95. The fourth-order valence-electron chi connectivity index (χ4n) is 3.83. The summed E-state index contributed by atoms with van der Waals surface area (Å²) in [7, 11) is 0. The van der Waals surface area contributed by atoms with Crippen LogP contribution in [0.25, 0.3) is 11.1 Å². The van der Waals surface area contributed by atoms with Crippen molar-refractivity contribution in [3.8, 4) is 11.1 Å². The van der Waals surface area contributed by atoms with E-state index < -0.39 is 5.41 Å². The van der Waals surface area contributed by atoms with Crippen LogP contribution < -0.4 is 5.32 Å². The maximum absolute atomic E-state index is 13.0. The van der Waals surface area contributed by atoms with Crippen molar-refractivity contribution in [3.05, 3.63) is 82.6 Å². The number of carbonyl (C=O) groups is 2. The molecule has 0 aliphatic rings. The molecule has 1 heterocycles. The van der Waals surface area contributed by atoms with Crippen LogP contribution in [-0.2, 0) is 26.2 Å². The van der Waals surface area contributed by atoms with Gasteiger partial charge in [-0.05, 0) is 55.3 Å². The highest BCUT2D eigenvalue weighted by Crippen LogP contribution is 2.32. The summed E-state index contributed by atoms with van der Waals surface area (Å²) in [5.74, 6) is -0.317. The first-order valence-electron chi connectivity index (χ1n) is 10.6. The van der Waals surface area contributed by atoms with Crippen LogP contribution in [0.3, 0.4) is 0 Å². The maximum Gasteiger partial charge on any atom is 0.316 e. The molecule has 0 aliphatic carbocycles. The fraction of sp³-hybridized carbons (Fsp3) is 0.308. The summed E-state index contributed by atoms with van der Waals surface area (Å²) >= 11 is 1.56. The van der Waals surface area contributed by atoms with Crippen molar-refractivity contribution in [3.63, 3.8) is 0 Å². The van der Waals surface area contributed by atoms with Crippen molar-refractivity contribution in [2.24, 2.45) is 0 Å². The molecular formula is C26H29NO3S. The zero-order valence-corrected chi connectivity index (χ0v) is 19.1. The molecule has 5 heteroatoms. The van der Waals surface area contributed by atoms with Gasteiger partial charge in [0, 0.05) is 10.9 Å². The number of hydrogen-bond donors (Lipinski definition) is 1. The Hall–Kier alpha value is -2.92. The second kappa shape index (κ2) is 10.4. The van der Waals surface area contributed by atoms with Gasteiger partial charge in [0.1, 0.15) is 0 Å². The predicted molar refractivity (Wildman–Crippen MR) is 126 cm³/mol. The van der Waals surface area contributed by atoms with E-state index in [4.69, 9.17) is 4.74 Å². The number of ether oxygens (including phenoxy) is 1. The largest absolute Gasteiger partial charge is 0.465 e. The number of thiophene rings is 1. The fourth-order valence-corrected chi connectivity index (χ4v) is 4.53. The van der Waals surface area contributed by atoms with Crippen molar-refractivity contribution in [1.82, 2.24) is 5.32 Å². The van der Waals surface area contributed by atoms with Gasteiger partial charge < -0.3 is 10.1 Å². The predicted octanol–water partition coefficient (Wildman–Crippen LogP) is 5.37. The number of carbonyl (C=O) groups excluding carboxylic acids is 2. The normalized spacial score (nSPS) is 13.8. The third-order valence-corrected chi connectivity index (χ3v) is 6.27. The topological polar surface area (TPSA) is 55.4 Å². The molecule has 2 aromatic carbocycles. The van der Waals surface area contributed by atoms with E-state index in [1.54, 1.807) is 11.3 Å². The average Bonchev–Trinajstić information content (AvgIpc) is 3.27. The van der Waals surface area contributed by atoms with Gasteiger partial charge in [-0.3, -0.25) is 9.59 Å². The summed E-state index contributed by atoms with van der Waals surface area (Å²) in [4.78, 5) is 26.4. The number of nitrogens with one attached hydrogen (secondary N) is 1. The summed E-state index contributed by atoms with van der Waals surface area (Å²) < 4.78 is 5.42. The molecule has 0 radical (unpaired) electrons. The van der Waals surface area contributed by atoms with E-state index >= 15 is 0 Å². The van der Waals surface area contributed by atoms with Gasteiger partial charge >= 0.3 is 5.97 Å². The number of hydrogen-bond acceptors (Lipinski definition) is 4. The molecule has 0 fully saturated rings. The summed E-state index contributed by atoms with van der Waals surface area (Å²) in [6, 6.07) is 21.9. The van der Waals surface area contributed by atoms with E-state index in [1.165, 1.54) is 0 Å². The van der Waals surface area contributed by atoms with Crippen LogP contribution in [0.15, 0.2) is 72.1 Å². The first-order valence-corrected chi connectivity index (χ1v) is 11.4. The van der Waals surface area contributed by atoms with Gasteiger partial charge in [-0.15, -0.1) is 11.3 Å². The monoisotopic (exact) mass is 435 g/mol. The van der Waals surface area contributed by atoms with Crippen LogP contribution in [0.2, 0.25) is 0 Å². The second-order valence-electron chi connectivity index (χ2n) is 7.92. The Bertz CT molecular complexity index is 983. The number of rotatable bonds is 9. The van der Waals surface area contributed by atoms with Gasteiger partial charge in [-0.1, -0.05) is 60.7 Å². The van der Waals surface area contributed by atoms with Gasteiger partial charge in [-0.2, -0.15) is 0 Å². The number of benzene rings is 2. The molecule has 2 unspecified atom stereocenters. The van der Waals surface area contributed by atoms with E-state index in [0.717, 1.165) is 21.6 Å². The van der Waals surface area contributed by atoms with Crippen molar-refractivity contribution >= 4 is 23.2 Å². The molecule has 0 saturated heterocycles. The van der Waals surface area contributed by atoms with Crippen LogP contribution in [-0.4, -0.2) is 24.5 Å². The lowest BCUT2D eigenvalue weighted by molar-refractivity contribution is -0.150. The minimum atomic E-state index is -0.860. The highest BCUT2D eigenvalue weighted by molar-refractivity contribution is 7.10. The lowest BCUT2D eigenvalue weighted by Gasteiger charge is -2.31. The Morgan fingerprint density at radius 2 is 1.68 bits per heavy atom. The third kappa shape index (κ3) is 5.82. The molecule has 1 aromatic heterocycles. The second-order valence-corrected chi connectivity index (χ2v) is 8.96. The maximum atomic E-state index is 13.0. The molecule has 0 aliphatic heterocycles. The van der Waals surface area contributed by atoms with Gasteiger partial charge in [0.2, 0.25) is 5.91 Å². The first-order chi connectivity index (χ1) is 14.9. The molecular weight excluding hydrogens is 406 g/mol. The lowest BCUT2D eigenvalue weighted by atomic mass is 9.77. The molecule has 1 amide bonds. The smallest absolute Gasteiger partial charge is 0.316 e. The Morgan fingerprint density at radius 3 is 2.29 bits per heavy atom. The standard InChI is InChI=1S/C26H29NO3S/c1-4-30-25(29)26(3,18-19(2)27-24(28)17-23-11-8-16-31-23)22-14-12-21(13-15-22)20-9-6-5-7-10-20/h5-16,19H,4,17-18H2,1-3H3,(H,27,28). The van der Waals surface area contributed by atoms with E-state index in [2.05, 4.69) is 17.4 Å². The molecule has 4 nitrogen and oxygen atoms in total. The van der Waals surface area contributed by atoms with Gasteiger partial charge in [0.25, 0.3) is 0 Å². The molecule has 2 atom stereocenters. The molecule has 3 aromatic rings. The molecule has 0 bridgehead atoms. The average molecular weight is 436 g/mol. The molecule has 3 rings (SSSR count). The van der Waals surface area contributed by atoms with Crippen LogP contribution >= 0.6 is 11.3 Å². The summed E-state index contributed by atoms with van der Waals surface area (Å²) in [6.07, 6.45) is 0.802. The van der Waals surface area contributed by atoms with Crippen molar-refractivity contribution in [2.45, 2.75) is 45.1 Å². The van der Waals surface area contributed by atoms with Crippen LogP contribution in [0, 0.1) is 0 Å². The molecule has 31 heavy (non-hydrogen) atoms. The van der Waals surface area contributed by atoms with E-state index in [1.807, 2.05) is 80.7 Å². The molecule has 162 valence electrons. The van der Waals surface area contributed by atoms with E-state index in [-0.39, 0.29) is 17.9 Å². The molecule has 1 N–H and O–H groups in total. The summed E-state index contributed by atoms with van der Waals surface area (Å²) in [5, 5.41) is 5.00. The van der Waals surface area contributed by atoms with E-state index in [0.29, 0.717) is 19.4 Å². The van der Waals surface area contributed by atoms with Gasteiger partial charge in [-0.25, -0.2) is 0 Å². The minimum absolute atomic E-state index is 0.0411. The highest BCUT2D eigenvalue weighted by atomic mass is 32.1. The van der Waals surface area contributed by atoms with Crippen LogP contribution in [0.5, 0.6) is 0 Å². The Kier molecular flexibility index (Phi) is 7.64. The van der Waals surface area contributed by atoms with Gasteiger partial charge in [0.05, 0.1) is 18.4 Å². The highest BCUT2D eigenvalue weighted by Gasteiger charge is 2.38. The molecule has 0 saturated carbocycles. The first kappa shape index (κ1) is 22.8. The third-order valence-electron chi connectivity index (χ3n) is 5.39. The minimum Gasteiger partial charge on any atom is -0.465 e. The Labute approximate surface area is 188 Å². The van der Waals surface area contributed by atoms with E-state index in [9.17, 15) is 9.59 Å². The summed E-state index contributed by atoms with van der Waals surface area (Å²) in [5.41, 5.74) is 2.24. The van der Waals surface area contributed by atoms with Crippen molar-refractivity contribution in [1.29, 1.82) is 0 Å². The Morgan fingerprint density at radius 1 is 1.00 bits per heavy atom. The zero-order valence-electron chi connectivity index (χ0n) is 18.3. The quantitative estimate of drug-likeness (QED) is 0.460. The number of amides is 1. The number of esters is 1. The SMILES string of the molecule is CCOC(=O)C(C)(CC(C)NC(=O)Cc1cccs1)c1ccc(-c2ccccc2)cc1. The van der Waals surface area contributed by atoms with Gasteiger partial charge in [0.15, 0.2) is 0 Å². The van der Waals surface area contributed by atoms with Crippen LogP contribution in [0.1, 0.15) is 37.6 Å². The van der Waals surface area contributed by atoms with Crippen molar-refractivity contribution in [2.75, 3.05) is 6.61 Å².